The van der Waals surface area contributed by atoms with E-state index in [1.54, 1.807) is 3.27 Å². The van der Waals surface area contributed by atoms with Crippen LogP contribution in [0.2, 0.25) is 0 Å². The van der Waals surface area contributed by atoms with Crippen LogP contribution >= 0.6 is 27.7 Å². The molecule has 0 saturated carbocycles. The Balaban J connectivity index is 1.36. The number of thioether (sulfide) groups is 1. The van der Waals surface area contributed by atoms with Gasteiger partial charge in [0.15, 0.2) is 0 Å². The minimum absolute atomic E-state index is 0.125. The molecule has 0 saturated heterocycles. The van der Waals surface area contributed by atoms with Crippen LogP contribution in [0.5, 0.6) is 0 Å². The van der Waals surface area contributed by atoms with Gasteiger partial charge < -0.3 is 0 Å². The van der Waals surface area contributed by atoms with Crippen LogP contribution in [0, 0.1) is 0 Å². The van der Waals surface area contributed by atoms with Crippen LogP contribution in [-0.2, 0) is 28.0 Å². The van der Waals surface area contributed by atoms with Crippen molar-refractivity contribution in [2.24, 2.45) is 0 Å². The van der Waals surface area contributed by atoms with Crippen molar-refractivity contribution >= 4 is 35.9 Å². The van der Waals surface area contributed by atoms with Crippen LogP contribution in [0.3, 0.4) is 0 Å². The Bertz CT molecular complexity index is 1230. The number of hydrogen-bond donors (Lipinski definition) is 0. The van der Waals surface area contributed by atoms with Crippen LogP contribution < -0.4 is 3.27 Å². The molecule has 4 heteroatoms. The average molecular weight is 521 g/mol. The van der Waals surface area contributed by atoms with Gasteiger partial charge in [-0.2, -0.15) is 0 Å². The van der Waals surface area contributed by atoms with Crippen LogP contribution in [0.1, 0.15) is 32.0 Å². The van der Waals surface area contributed by atoms with Gasteiger partial charge in [0.05, 0.1) is 0 Å². The van der Waals surface area contributed by atoms with Crippen molar-refractivity contribution in [2.45, 2.75) is 9.73 Å². The van der Waals surface area contributed by atoms with E-state index in [1.807, 2.05) is 11.8 Å². The van der Waals surface area contributed by atoms with Gasteiger partial charge in [0.25, 0.3) is 0 Å². The topological polar surface area (TPSA) is 9.23 Å². The van der Waals surface area contributed by atoms with E-state index in [-0.39, 0.29) is 6.10 Å². The number of rotatable bonds is 2. The van der Waals surface area contributed by atoms with E-state index in [2.05, 4.69) is 82.7 Å². The molecule has 0 unspecified atom stereocenters. The predicted molar refractivity (Wildman–Crippen MR) is 114 cm³/mol. The van der Waals surface area contributed by atoms with Gasteiger partial charge in [-0.25, -0.2) is 0 Å². The van der Waals surface area contributed by atoms with Crippen molar-refractivity contribution in [2.75, 3.05) is 0 Å². The van der Waals surface area contributed by atoms with E-state index in [4.69, 9.17) is 4.74 Å². The molecule has 4 aliphatic rings. The second kappa shape index (κ2) is 5.84. The molecule has 2 heterocycles. The molecule has 0 radical (unpaired) electrons. The van der Waals surface area contributed by atoms with Crippen molar-refractivity contribution < 1.29 is 28.0 Å². The number of benzene rings is 3. The number of halogens is 1. The Kier molecular flexibility index (Phi) is 3.43. The van der Waals surface area contributed by atoms with Crippen molar-refractivity contribution in [3.05, 3.63) is 104 Å². The van der Waals surface area contributed by atoms with E-state index in [9.17, 15) is 0 Å². The number of ether oxygens (including phenoxy) is 1. The molecule has 0 N–H and O–H groups in total. The third-order valence-corrected chi connectivity index (χ3v) is 12.3. The summed E-state index contributed by atoms with van der Waals surface area (Å²) in [6.07, 6.45) is 0.125. The molecular formula is C24H13BrOSZr. The molecule has 2 aliphatic heterocycles. The summed E-state index contributed by atoms with van der Waals surface area (Å²) in [5.74, 6) is 0. The molecule has 28 heavy (non-hydrogen) atoms. The minimum atomic E-state index is -0.936. The van der Waals surface area contributed by atoms with Crippen LogP contribution in [0.15, 0.2) is 81.9 Å². The van der Waals surface area contributed by atoms with Crippen LogP contribution in [-0.4, -0.2) is 0 Å². The summed E-state index contributed by atoms with van der Waals surface area (Å²) in [6.45, 7) is 0. The quantitative estimate of drug-likeness (QED) is 0.394. The molecule has 0 fully saturated rings. The number of hydrogen-bond acceptors (Lipinski definition) is 2. The molecule has 3 aromatic rings. The zero-order valence-electron chi connectivity index (χ0n) is 14.7. The monoisotopic (exact) mass is 518 g/mol. The fraction of sp³-hybridized carbons (Fsp3) is 0.0833. The first kappa shape index (κ1) is 16.5. The molecule has 3 aromatic carbocycles. The van der Waals surface area contributed by atoms with E-state index >= 15 is 0 Å². The van der Waals surface area contributed by atoms with E-state index in [0.29, 0.717) is 3.63 Å². The first-order chi connectivity index (χ1) is 13.8. The maximum atomic E-state index is 6.25. The summed E-state index contributed by atoms with van der Waals surface area (Å²) in [5, 5.41) is 0. The Morgan fingerprint density at radius 1 is 0.786 bits per heavy atom. The molecule has 7 rings (SSSR count). The fourth-order valence-corrected chi connectivity index (χ4v) is 10.9. The Hall–Kier alpha value is -1.35. The molecule has 0 aromatic heterocycles. The van der Waals surface area contributed by atoms with Crippen molar-refractivity contribution in [1.82, 2.24) is 0 Å². The maximum absolute atomic E-state index is 6.25. The van der Waals surface area contributed by atoms with Gasteiger partial charge >= 0.3 is 189 Å². The average Bonchev–Trinajstić information content (AvgIpc) is 3.22. The van der Waals surface area contributed by atoms with Gasteiger partial charge in [-0.3, -0.25) is 0 Å². The Labute approximate surface area is 187 Å². The second-order valence-electron chi connectivity index (χ2n) is 7.46. The van der Waals surface area contributed by atoms with Crippen LogP contribution in [0.25, 0.3) is 16.0 Å². The van der Waals surface area contributed by atoms with Gasteiger partial charge in [-0.05, 0) is 0 Å². The van der Waals surface area contributed by atoms with Gasteiger partial charge in [-0.1, -0.05) is 0 Å². The first-order valence-electron chi connectivity index (χ1n) is 9.38. The molecule has 0 amide bonds. The van der Waals surface area contributed by atoms with E-state index < -0.39 is 23.2 Å². The second-order valence-corrected chi connectivity index (χ2v) is 12.7. The molecular weight excluding hydrogens is 507 g/mol. The molecule has 0 bridgehead atoms. The van der Waals surface area contributed by atoms with Crippen LogP contribution in [0.4, 0.5) is 0 Å². The standard InChI is InChI=1S/C13H9.C11H4BrOS.Zr/c1-3-7-12-10(5-1)9-11-6-2-4-8-13(11)12;12-11-10-7-8(13-11)5-3-1-2-4-6(5)9(7)14-10;/h1-9H;1-2,4,8H;/t;8-;/m.1./s1. The molecule has 0 spiro atoms. The summed E-state index contributed by atoms with van der Waals surface area (Å²) in [4.78, 5) is 2.75. The molecule has 1 atom stereocenters. The summed E-state index contributed by atoms with van der Waals surface area (Å²) >= 11 is 4.56. The summed E-state index contributed by atoms with van der Waals surface area (Å²) in [5.41, 5.74) is 10.2. The third-order valence-electron chi connectivity index (χ3n) is 6.10. The zero-order chi connectivity index (χ0) is 18.4. The number of fused-ring (bicyclic) bond motifs is 6. The van der Waals surface area contributed by atoms with Gasteiger partial charge in [0, 0.05) is 0 Å². The third kappa shape index (κ3) is 2.02. The summed E-state index contributed by atoms with van der Waals surface area (Å²) < 4.78 is 9.34. The Morgan fingerprint density at radius 3 is 2.21 bits per heavy atom. The van der Waals surface area contributed by atoms with Crippen molar-refractivity contribution in [3.8, 4) is 11.1 Å². The van der Waals surface area contributed by atoms with Crippen molar-refractivity contribution in [3.63, 3.8) is 0 Å². The van der Waals surface area contributed by atoms with Crippen molar-refractivity contribution in [1.29, 1.82) is 0 Å². The fourth-order valence-electron chi connectivity index (χ4n) is 4.91. The van der Waals surface area contributed by atoms with E-state index in [1.165, 1.54) is 48.8 Å². The SMILES string of the molecule is BrC1=C2SC3=C2[C@H](O1)c1[c]([Zr][CH]2c4ccccc4-c4ccccc42)cccc13. The first-order valence-corrected chi connectivity index (χ1v) is 13.6. The molecule has 1 nitrogen and oxygen atoms in total. The van der Waals surface area contributed by atoms with E-state index in [0.717, 1.165) is 4.67 Å². The van der Waals surface area contributed by atoms with Gasteiger partial charge in [0.2, 0.25) is 0 Å². The van der Waals surface area contributed by atoms with Gasteiger partial charge in [0.1, 0.15) is 0 Å². The predicted octanol–water partition coefficient (Wildman–Crippen LogP) is 6.27. The normalized spacial score (nSPS) is 20.4. The summed E-state index contributed by atoms with van der Waals surface area (Å²) in [6, 6.07) is 24.9. The zero-order valence-corrected chi connectivity index (χ0v) is 19.6. The molecule has 2 aliphatic carbocycles. The molecule has 132 valence electrons. The van der Waals surface area contributed by atoms with Gasteiger partial charge in [-0.15, -0.1) is 0 Å². The summed E-state index contributed by atoms with van der Waals surface area (Å²) in [7, 11) is 0. The Morgan fingerprint density at radius 2 is 1.46 bits per heavy atom.